The van der Waals surface area contributed by atoms with Crippen molar-refractivity contribution in [3.63, 3.8) is 0 Å². The van der Waals surface area contributed by atoms with Crippen LogP contribution >= 0.6 is 0 Å². The Bertz CT molecular complexity index is 372. The van der Waals surface area contributed by atoms with E-state index in [9.17, 15) is 26.3 Å². The molecule has 137 valence electrons. The molecule has 9 heteroatoms. The first kappa shape index (κ1) is 25.4. The molecule has 0 aromatic rings. The monoisotopic (exact) mass is 432 g/mol. The van der Waals surface area contributed by atoms with Crippen molar-refractivity contribution in [2.75, 3.05) is 13.1 Å². The molecule has 23 heavy (non-hydrogen) atoms. The molecular formula is C14H22F6MoNO. The first-order chi connectivity index (χ1) is 8.89. The third-order valence-electron chi connectivity index (χ3n) is 4.26. The molecular weight excluding hydrogens is 408 g/mol. The summed E-state index contributed by atoms with van der Waals surface area (Å²) in [7, 11) is 0. The average molecular weight is 430 g/mol. The molecule has 0 bridgehead atoms. The fourth-order valence-electron chi connectivity index (χ4n) is 2.95. The average Bonchev–Trinajstić information content (AvgIpc) is 2.68. The van der Waals surface area contributed by atoms with Crippen LogP contribution in [0.2, 0.25) is 0 Å². The van der Waals surface area contributed by atoms with Gasteiger partial charge in [-0.15, -0.1) is 5.54 Å². The zero-order valence-corrected chi connectivity index (χ0v) is 15.4. The van der Waals surface area contributed by atoms with Gasteiger partial charge in [-0.2, -0.15) is 26.3 Å². The summed E-state index contributed by atoms with van der Waals surface area (Å²) in [5.74, 6) is 0. The number of nitrogens with zero attached hydrogens (tertiary/aromatic N) is 1. The van der Waals surface area contributed by atoms with Crippen LogP contribution in [0.15, 0.2) is 0 Å². The van der Waals surface area contributed by atoms with Crippen molar-refractivity contribution in [1.29, 1.82) is 0 Å². The van der Waals surface area contributed by atoms with Gasteiger partial charge in [0.25, 0.3) is 5.60 Å². The quantitative estimate of drug-likeness (QED) is 0.370. The molecule has 2 aliphatic heterocycles. The van der Waals surface area contributed by atoms with E-state index in [0.29, 0.717) is 13.0 Å². The second kappa shape index (κ2) is 7.61. The third-order valence-corrected chi connectivity index (χ3v) is 4.26. The van der Waals surface area contributed by atoms with Crippen molar-refractivity contribution < 1.29 is 52.1 Å². The molecule has 0 spiro atoms. The van der Waals surface area contributed by atoms with Gasteiger partial charge in [0.2, 0.25) is 0 Å². The summed E-state index contributed by atoms with van der Waals surface area (Å²) in [6.07, 6.45) is -10.5. The minimum absolute atomic E-state index is 0. The largest absolute Gasteiger partial charge is 3.00 e. The number of fused-ring (bicyclic) bond motifs is 1. The van der Waals surface area contributed by atoms with E-state index >= 15 is 0 Å². The summed E-state index contributed by atoms with van der Waals surface area (Å²) in [4.78, 5) is 1.81. The van der Waals surface area contributed by atoms with Crippen molar-refractivity contribution in [3.8, 4) is 0 Å². The Balaban J connectivity index is 0. The molecule has 2 atom stereocenters. The normalized spacial score (nSPS) is 28.4. The first-order valence-corrected chi connectivity index (χ1v) is 6.31. The zero-order valence-electron chi connectivity index (χ0n) is 13.4. The fourth-order valence-corrected chi connectivity index (χ4v) is 2.95. The van der Waals surface area contributed by atoms with Gasteiger partial charge in [-0.05, 0) is 26.3 Å². The maximum Gasteiger partial charge on any atom is 3.00 e. The number of ether oxygens (including phenoxy) is 1. The standard InChI is InChI=1S/C12H16F6NO.2CH3.Mo/c1-9-4-3-5-19(9)7-8(6-9)20-10(2,11(13,14)15)12(16,17)18;;;/h8H,1,3-7H2,2H3;2*1H3;/q3*-1;+3/t8-,9-;;;/m1.../s1. The van der Waals surface area contributed by atoms with Crippen molar-refractivity contribution in [2.24, 2.45) is 0 Å². The van der Waals surface area contributed by atoms with Gasteiger partial charge >= 0.3 is 33.4 Å². The van der Waals surface area contributed by atoms with Gasteiger partial charge in [0.15, 0.2) is 0 Å². The van der Waals surface area contributed by atoms with E-state index in [1.807, 2.05) is 4.90 Å². The Morgan fingerprint density at radius 3 is 1.96 bits per heavy atom. The van der Waals surface area contributed by atoms with Crippen molar-refractivity contribution >= 4 is 0 Å². The van der Waals surface area contributed by atoms with Gasteiger partial charge in [0, 0.05) is 6.54 Å². The summed E-state index contributed by atoms with van der Waals surface area (Å²) >= 11 is 0. The summed E-state index contributed by atoms with van der Waals surface area (Å²) in [6.45, 7) is 4.66. The van der Waals surface area contributed by atoms with Gasteiger partial charge in [-0.1, -0.05) is 6.42 Å². The molecule has 1 radical (unpaired) electrons. The summed E-state index contributed by atoms with van der Waals surface area (Å²) in [6, 6.07) is 0. The summed E-state index contributed by atoms with van der Waals surface area (Å²) < 4.78 is 81.1. The summed E-state index contributed by atoms with van der Waals surface area (Å²) in [5, 5.41) is 0. The molecule has 2 rings (SSSR count). The molecule has 0 unspecified atom stereocenters. The molecule has 2 saturated heterocycles. The van der Waals surface area contributed by atoms with E-state index in [-0.39, 0.29) is 55.8 Å². The molecule has 2 nitrogen and oxygen atoms in total. The maximum atomic E-state index is 12.8. The van der Waals surface area contributed by atoms with Crippen LogP contribution in [-0.4, -0.2) is 47.6 Å². The van der Waals surface area contributed by atoms with E-state index in [1.54, 1.807) is 0 Å². The van der Waals surface area contributed by atoms with E-state index in [1.165, 1.54) is 0 Å². The fraction of sp³-hybridized carbons (Fsp3) is 0.786. The van der Waals surface area contributed by atoms with E-state index in [2.05, 4.69) is 11.7 Å². The van der Waals surface area contributed by atoms with E-state index < -0.39 is 29.6 Å². The zero-order chi connectivity index (χ0) is 15.4. The molecule has 0 aromatic heterocycles. The van der Waals surface area contributed by atoms with Crippen LogP contribution in [0.5, 0.6) is 0 Å². The van der Waals surface area contributed by atoms with Crippen LogP contribution in [-0.2, 0) is 25.8 Å². The molecule has 0 saturated carbocycles. The predicted molar refractivity (Wildman–Crippen MR) is 71.7 cm³/mol. The van der Waals surface area contributed by atoms with E-state index in [4.69, 9.17) is 0 Å². The Morgan fingerprint density at radius 1 is 1.09 bits per heavy atom. The number of rotatable bonds is 2. The summed E-state index contributed by atoms with van der Waals surface area (Å²) in [5.41, 5.74) is -4.72. The number of hydrogen-bond donors (Lipinski definition) is 0. The predicted octanol–water partition coefficient (Wildman–Crippen LogP) is 4.23. The third kappa shape index (κ3) is 4.43. The van der Waals surface area contributed by atoms with Crippen LogP contribution in [0.4, 0.5) is 26.3 Å². The Hall–Kier alpha value is 0.188. The SMILES string of the molecule is [CH2-][C@]12CCCN1C[C@H](OC(C)(C(F)(F)F)C(F)(F)F)C2.[CH3-].[CH3-].[Mo+3]. The van der Waals surface area contributed by atoms with Gasteiger partial charge in [-0.25, -0.2) is 0 Å². The second-order valence-electron chi connectivity index (χ2n) is 5.75. The van der Waals surface area contributed by atoms with Crippen molar-refractivity contribution in [3.05, 3.63) is 21.8 Å². The smallest absolute Gasteiger partial charge is 0.358 e. The van der Waals surface area contributed by atoms with Crippen LogP contribution in [0.1, 0.15) is 26.2 Å². The minimum Gasteiger partial charge on any atom is -0.358 e. The molecule has 0 aromatic carbocycles. The van der Waals surface area contributed by atoms with Gasteiger partial charge in [0.1, 0.15) is 0 Å². The molecule has 2 aliphatic rings. The van der Waals surface area contributed by atoms with E-state index in [0.717, 1.165) is 6.42 Å². The maximum absolute atomic E-state index is 12.8. The second-order valence-corrected chi connectivity index (χ2v) is 5.75. The molecule has 2 fully saturated rings. The molecule has 0 amide bonds. The minimum atomic E-state index is -5.51. The number of hydrogen-bond acceptors (Lipinski definition) is 2. The number of halogens is 6. The van der Waals surface area contributed by atoms with Gasteiger partial charge < -0.3 is 31.4 Å². The topological polar surface area (TPSA) is 12.5 Å². The van der Waals surface area contributed by atoms with Crippen LogP contribution in [0.25, 0.3) is 0 Å². The van der Waals surface area contributed by atoms with Crippen molar-refractivity contribution in [1.82, 2.24) is 4.90 Å². The van der Waals surface area contributed by atoms with Crippen LogP contribution in [0.3, 0.4) is 0 Å². The van der Waals surface area contributed by atoms with Crippen molar-refractivity contribution in [2.45, 2.75) is 55.8 Å². The van der Waals surface area contributed by atoms with Crippen LogP contribution in [0, 0.1) is 21.8 Å². The molecule has 0 aliphatic carbocycles. The Morgan fingerprint density at radius 2 is 1.57 bits per heavy atom. The number of alkyl halides is 6. The molecule has 0 N–H and O–H groups in total. The molecule has 2 heterocycles. The van der Waals surface area contributed by atoms with Gasteiger partial charge in [0.05, 0.1) is 6.10 Å². The Kier molecular flexibility index (Phi) is 8.41. The first-order valence-electron chi connectivity index (χ1n) is 6.31. The van der Waals surface area contributed by atoms with Crippen LogP contribution < -0.4 is 0 Å². The Labute approximate surface area is 148 Å². The van der Waals surface area contributed by atoms with Gasteiger partial charge in [-0.3, -0.25) is 0 Å².